The first-order valence-corrected chi connectivity index (χ1v) is 6.55. The van der Waals surface area contributed by atoms with Gasteiger partial charge in [0.15, 0.2) is 0 Å². The SMILES string of the molecule is Nc1cc(Cl)c(F)cc1Sc1nnnn1C1CC1. The van der Waals surface area contributed by atoms with Crippen LogP contribution in [0.25, 0.3) is 0 Å². The van der Waals surface area contributed by atoms with Crippen molar-refractivity contribution in [1.82, 2.24) is 20.2 Å². The van der Waals surface area contributed by atoms with Crippen molar-refractivity contribution in [3.63, 3.8) is 0 Å². The van der Waals surface area contributed by atoms with Gasteiger partial charge in [0.25, 0.3) is 0 Å². The molecule has 2 aromatic rings. The largest absolute Gasteiger partial charge is 0.398 e. The molecule has 1 saturated carbocycles. The molecule has 1 aliphatic rings. The van der Waals surface area contributed by atoms with Crippen molar-refractivity contribution in [2.75, 3.05) is 5.73 Å². The number of halogens is 2. The first-order chi connectivity index (χ1) is 8.65. The molecule has 1 fully saturated rings. The normalized spacial score (nSPS) is 15.0. The fraction of sp³-hybridized carbons (Fsp3) is 0.300. The zero-order chi connectivity index (χ0) is 12.7. The number of anilines is 1. The Morgan fingerprint density at radius 3 is 2.94 bits per heavy atom. The first-order valence-electron chi connectivity index (χ1n) is 5.35. The van der Waals surface area contributed by atoms with Gasteiger partial charge in [-0.15, -0.1) is 5.10 Å². The van der Waals surface area contributed by atoms with Gasteiger partial charge in [-0.1, -0.05) is 11.6 Å². The summed E-state index contributed by atoms with van der Waals surface area (Å²) in [5.41, 5.74) is 6.21. The smallest absolute Gasteiger partial charge is 0.214 e. The molecule has 1 aliphatic carbocycles. The molecule has 18 heavy (non-hydrogen) atoms. The van der Waals surface area contributed by atoms with Gasteiger partial charge in [0.05, 0.1) is 11.1 Å². The third kappa shape index (κ3) is 2.15. The summed E-state index contributed by atoms with van der Waals surface area (Å²) in [6, 6.07) is 3.06. The van der Waals surface area contributed by atoms with Crippen LogP contribution in [0.2, 0.25) is 5.02 Å². The lowest BCUT2D eigenvalue weighted by molar-refractivity contribution is 0.565. The second-order valence-electron chi connectivity index (χ2n) is 4.04. The number of rotatable bonds is 3. The van der Waals surface area contributed by atoms with E-state index in [0.717, 1.165) is 12.8 Å². The standard InChI is InChI=1S/C10H9ClFN5S/c11-6-3-8(13)9(4-7(6)12)18-10-14-15-16-17(10)5-1-2-5/h3-5H,1-2,13H2. The number of nitrogens with two attached hydrogens (primary N) is 1. The monoisotopic (exact) mass is 285 g/mol. The van der Waals surface area contributed by atoms with Gasteiger partial charge in [0, 0.05) is 10.6 Å². The summed E-state index contributed by atoms with van der Waals surface area (Å²) >= 11 is 6.89. The molecule has 0 atom stereocenters. The number of tetrazole rings is 1. The molecule has 1 aromatic heterocycles. The highest BCUT2D eigenvalue weighted by Crippen LogP contribution is 2.39. The van der Waals surface area contributed by atoms with Gasteiger partial charge >= 0.3 is 0 Å². The first kappa shape index (κ1) is 11.7. The number of nitrogens with zero attached hydrogens (tertiary/aromatic N) is 4. The van der Waals surface area contributed by atoms with E-state index in [1.54, 1.807) is 4.68 Å². The van der Waals surface area contributed by atoms with Gasteiger partial charge in [0.2, 0.25) is 5.16 Å². The number of benzene rings is 1. The Labute approximate surface area is 111 Å². The van der Waals surface area contributed by atoms with Crippen molar-refractivity contribution in [2.45, 2.75) is 28.9 Å². The maximum absolute atomic E-state index is 13.4. The van der Waals surface area contributed by atoms with Crippen molar-refractivity contribution in [2.24, 2.45) is 0 Å². The van der Waals surface area contributed by atoms with Crippen LogP contribution in [-0.4, -0.2) is 20.2 Å². The Kier molecular flexibility index (Phi) is 2.87. The summed E-state index contributed by atoms with van der Waals surface area (Å²) in [5.74, 6) is -0.501. The molecule has 0 saturated heterocycles. The van der Waals surface area contributed by atoms with Gasteiger partial charge in [0.1, 0.15) is 5.82 Å². The lowest BCUT2D eigenvalue weighted by Crippen LogP contribution is -1.99. The quantitative estimate of drug-likeness (QED) is 0.878. The Balaban J connectivity index is 1.92. The highest BCUT2D eigenvalue weighted by atomic mass is 35.5. The molecule has 0 bridgehead atoms. The molecule has 0 unspecified atom stereocenters. The van der Waals surface area contributed by atoms with Gasteiger partial charge in [-0.25, -0.2) is 9.07 Å². The maximum atomic E-state index is 13.4. The van der Waals surface area contributed by atoms with Crippen LogP contribution >= 0.6 is 23.4 Å². The molecule has 94 valence electrons. The minimum Gasteiger partial charge on any atom is -0.398 e. The Bertz CT molecular complexity index is 598. The minimum absolute atomic E-state index is 0.0126. The van der Waals surface area contributed by atoms with Crippen LogP contribution in [0.3, 0.4) is 0 Å². The van der Waals surface area contributed by atoms with Gasteiger partial charge in [-0.3, -0.25) is 0 Å². The molecule has 0 amide bonds. The van der Waals surface area contributed by atoms with E-state index < -0.39 is 5.82 Å². The van der Waals surface area contributed by atoms with Crippen molar-refractivity contribution in [3.8, 4) is 0 Å². The highest BCUT2D eigenvalue weighted by molar-refractivity contribution is 7.99. The van der Waals surface area contributed by atoms with Crippen LogP contribution in [0.4, 0.5) is 10.1 Å². The summed E-state index contributed by atoms with van der Waals surface area (Å²) in [5, 5.41) is 12.1. The topological polar surface area (TPSA) is 69.6 Å². The van der Waals surface area contributed by atoms with E-state index in [1.807, 2.05) is 0 Å². The molecule has 0 spiro atoms. The van der Waals surface area contributed by atoms with Crippen molar-refractivity contribution >= 4 is 29.1 Å². The Hall–Kier alpha value is -1.34. The molecule has 5 nitrogen and oxygen atoms in total. The zero-order valence-corrected chi connectivity index (χ0v) is 10.7. The maximum Gasteiger partial charge on any atom is 0.214 e. The fourth-order valence-electron chi connectivity index (χ4n) is 1.53. The molecule has 0 aliphatic heterocycles. The fourth-order valence-corrected chi connectivity index (χ4v) is 2.60. The zero-order valence-electron chi connectivity index (χ0n) is 9.18. The van der Waals surface area contributed by atoms with E-state index in [9.17, 15) is 4.39 Å². The van der Waals surface area contributed by atoms with E-state index in [-0.39, 0.29) is 5.02 Å². The van der Waals surface area contributed by atoms with Crippen molar-refractivity contribution < 1.29 is 4.39 Å². The van der Waals surface area contributed by atoms with Crippen LogP contribution in [0, 0.1) is 5.82 Å². The minimum atomic E-state index is -0.501. The lowest BCUT2D eigenvalue weighted by Gasteiger charge is -2.06. The van der Waals surface area contributed by atoms with Crippen LogP contribution in [-0.2, 0) is 0 Å². The molecular weight excluding hydrogens is 277 g/mol. The molecule has 0 radical (unpaired) electrons. The molecular formula is C10H9ClFN5S. The predicted molar refractivity (Wildman–Crippen MR) is 66.0 cm³/mol. The average Bonchev–Trinajstić information content (AvgIpc) is 3.07. The third-order valence-electron chi connectivity index (χ3n) is 2.61. The molecule has 2 N–H and O–H groups in total. The van der Waals surface area contributed by atoms with Gasteiger partial charge in [-0.2, -0.15) is 0 Å². The molecule has 3 rings (SSSR count). The second kappa shape index (κ2) is 4.40. The van der Waals surface area contributed by atoms with Crippen LogP contribution in [0.5, 0.6) is 0 Å². The number of nitrogen functional groups attached to an aromatic ring is 1. The summed E-state index contributed by atoms with van der Waals surface area (Å²) in [4.78, 5) is 0.564. The number of hydrogen-bond donors (Lipinski definition) is 1. The van der Waals surface area contributed by atoms with Crippen LogP contribution in [0.15, 0.2) is 22.2 Å². The van der Waals surface area contributed by atoms with Crippen molar-refractivity contribution in [1.29, 1.82) is 0 Å². The summed E-state index contributed by atoms with van der Waals surface area (Å²) in [6.45, 7) is 0. The van der Waals surface area contributed by atoms with E-state index >= 15 is 0 Å². The van der Waals surface area contributed by atoms with Gasteiger partial charge < -0.3 is 5.73 Å². The summed E-state index contributed by atoms with van der Waals surface area (Å²) < 4.78 is 15.1. The predicted octanol–water partition coefficient (Wildman–Crippen LogP) is 2.53. The molecule has 1 aromatic carbocycles. The summed E-state index contributed by atoms with van der Waals surface area (Å²) in [7, 11) is 0. The third-order valence-corrected chi connectivity index (χ3v) is 3.92. The molecule has 8 heteroatoms. The highest BCUT2D eigenvalue weighted by Gasteiger charge is 2.28. The van der Waals surface area contributed by atoms with E-state index in [0.29, 0.717) is 21.8 Å². The van der Waals surface area contributed by atoms with Crippen molar-refractivity contribution in [3.05, 3.63) is 23.0 Å². The summed E-state index contributed by atoms with van der Waals surface area (Å²) in [6.07, 6.45) is 2.14. The number of aromatic nitrogens is 4. The van der Waals surface area contributed by atoms with E-state index in [2.05, 4.69) is 15.5 Å². The average molecular weight is 286 g/mol. The van der Waals surface area contributed by atoms with E-state index in [4.69, 9.17) is 17.3 Å². The van der Waals surface area contributed by atoms with E-state index in [1.165, 1.54) is 23.9 Å². The number of hydrogen-bond acceptors (Lipinski definition) is 5. The lowest BCUT2D eigenvalue weighted by atomic mass is 10.3. The molecule has 1 heterocycles. The Morgan fingerprint density at radius 1 is 1.44 bits per heavy atom. The van der Waals surface area contributed by atoms with Gasteiger partial charge in [-0.05, 0) is 47.2 Å². The van der Waals surface area contributed by atoms with Crippen LogP contribution < -0.4 is 5.73 Å². The van der Waals surface area contributed by atoms with Crippen LogP contribution in [0.1, 0.15) is 18.9 Å². The Morgan fingerprint density at radius 2 is 2.22 bits per heavy atom. The second-order valence-corrected chi connectivity index (χ2v) is 5.46.